The highest BCUT2D eigenvalue weighted by Gasteiger charge is 2.18. The van der Waals surface area contributed by atoms with Gasteiger partial charge >= 0.3 is 0 Å². The molecule has 0 spiro atoms. The van der Waals surface area contributed by atoms with E-state index in [1.165, 1.54) is 24.1 Å². The van der Waals surface area contributed by atoms with Crippen LogP contribution < -0.4 is 10.6 Å². The maximum Gasteiger partial charge on any atom is 0.0320 e. The van der Waals surface area contributed by atoms with Crippen LogP contribution in [-0.4, -0.2) is 19.1 Å². The molecule has 1 saturated heterocycles. The van der Waals surface area contributed by atoms with E-state index in [0.717, 1.165) is 19.6 Å². The van der Waals surface area contributed by atoms with E-state index in [1.54, 1.807) is 10.4 Å². The minimum absolute atomic E-state index is 0.715. The Balaban J connectivity index is 1.60. The fraction of sp³-hybridized carbons (Fsp3) is 0.636. The Morgan fingerprint density at radius 3 is 3.07 bits per heavy atom. The third kappa shape index (κ3) is 1.60. The van der Waals surface area contributed by atoms with Crippen LogP contribution in [0.15, 0.2) is 6.07 Å². The van der Waals surface area contributed by atoms with Gasteiger partial charge in [0.2, 0.25) is 0 Å². The van der Waals surface area contributed by atoms with Gasteiger partial charge in [0.25, 0.3) is 0 Å². The van der Waals surface area contributed by atoms with Crippen LogP contribution in [0, 0.1) is 0 Å². The first-order valence-corrected chi connectivity index (χ1v) is 6.28. The van der Waals surface area contributed by atoms with Gasteiger partial charge in [0.15, 0.2) is 0 Å². The Morgan fingerprint density at radius 1 is 1.43 bits per heavy atom. The van der Waals surface area contributed by atoms with Gasteiger partial charge in [-0.25, -0.2) is 0 Å². The summed E-state index contributed by atoms with van der Waals surface area (Å²) in [6.45, 7) is 3.36. The van der Waals surface area contributed by atoms with Gasteiger partial charge < -0.3 is 10.6 Å². The summed E-state index contributed by atoms with van der Waals surface area (Å²) in [6, 6.07) is 3.12. The second-order valence-electron chi connectivity index (χ2n) is 4.25. The van der Waals surface area contributed by atoms with Crippen molar-refractivity contribution in [2.75, 3.05) is 13.1 Å². The number of rotatable bonds is 3. The zero-order valence-corrected chi connectivity index (χ0v) is 9.12. The molecular formula is C11H16N2S. The molecule has 1 aromatic rings. The standard InChI is InChI=1S/C11H16N2S/c1-2-8-4-10(14-11(8)3-1)7-13-9-5-12-6-9/h4,9,12-13H,1-3,5-7H2. The molecule has 0 atom stereocenters. The van der Waals surface area contributed by atoms with Gasteiger partial charge in [-0.3, -0.25) is 0 Å². The summed E-state index contributed by atoms with van der Waals surface area (Å²) in [6.07, 6.45) is 4.02. The van der Waals surface area contributed by atoms with E-state index in [0.29, 0.717) is 6.04 Å². The van der Waals surface area contributed by atoms with Crippen molar-refractivity contribution in [1.82, 2.24) is 10.6 Å². The van der Waals surface area contributed by atoms with Crippen LogP contribution >= 0.6 is 11.3 Å². The summed E-state index contributed by atoms with van der Waals surface area (Å²) >= 11 is 2.02. The van der Waals surface area contributed by atoms with E-state index in [2.05, 4.69) is 16.7 Å². The number of thiophene rings is 1. The Morgan fingerprint density at radius 2 is 2.36 bits per heavy atom. The van der Waals surface area contributed by atoms with E-state index in [1.807, 2.05) is 11.3 Å². The van der Waals surface area contributed by atoms with Crippen LogP contribution in [0.1, 0.15) is 21.7 Å². The molecule has 0 saturated carbocycles. The molecule has 0 radical (unpaired) electrons. The molecule has 2 heterocycles. The third-order valence-electron chi connectivity index (χ3n) is 3.14. The fourth-order valence-corrected chi connectivity index (χ4v) is 3.37. The zero-order valence-electron chi connectivity index (χ0n) is 8.31. The fourth-order valence-electron chi connectivity index (χ4n) is 2.16. The first kappa shape index (κ1) is 8.89. The maximum absolute atomic E-state index is 3.57. The predicted octanol–water partition coefficient (Wildman–Crippen LogP) is 1.30. The van der Waals surface area contributed by atoms with Crippen molar-refractivity contribution in [1.29, 1.82) is 0 Å². The molecule has 1 aliphatic carbocycles. The number of fused-ring (bicyclic) bond motifs is 1. The second kappa shape index (κ2) is 3.65. The van der Waals surface area contributed by atoms with Gasteiger partial charge in [0.05, 0.1) is 0 Å². The van der Waals surface area contributed by atoms with Gasteiger partial charge in [-0.05, 0) is 30.9 Å². The third-order valence-corrected chi connectivity index (χ3v) is 4.38. The van der Waals surface area contributed by atoms with Crippen molar-refractivity contribution in [3.8, 4) is 0 Å². The highest BCUT2D eigenvalue weighted by atomic mass is 32.1. The van der Waals surface area contributed by atoms with Gasteiger partial charge in [-0.1, -0.05) is 0 Å². The average Bonchev–Trinajstić information content (AvgIpc) is 2.59. The lowest BCUT2D eigenvalue weighted by atomic mass is 10.2. The summed E-state index contributed by atoms with van der Waals surface area (Å²) in [7, 11) is 0. The van der Waals surface area contributed by atoms with Gasteiger partial charge in [0, 0.05) is 35.4 Å². The van der Waals surface area contributed by atoms with Crippen LogP contribution in [0.25, 0.3) is 0 Å². The zero-order chi connectivity index (χ0) is 9.38. The first-order valence-electron chi connectivity index (χ1n) is 5.46. The highest BCUT2D eigenvalue weighted by Crippen LogP contribution is 2.30. The molecule has 1 aromatic heterocycles. The monoisotopic (exact) mass is 208 g/mol. The quantitative estimate of drug-likeness (QED) is 0.782. The summed E-state index contributed by atoms with van der Waals surface area (Å²) in [5.41, 5.74) is 1.62. The minimum Gasteiger partial charge on any atom is -0.314 e. The van der Waals surface area contributed by atoms with E-state index >= 15 is 0 Å². The van der Waals surface area contributed by atoms with Crippen LogP contribution in [-0.2, 0) is 19.4 Å². The molecule has 1 fully saturated rings. The molecule has 3 rings (SSSR count). The van der Waals surface area contributed by atoms with E-state index in [4.69, 9.17) is 0 Å². The molecule has 2 N–H and O–H groups in total. The van der Waals surface area contributed by atoms with Gasteiger partial charge in [-0.2, -0.15) is 0 Å². The van der Waals surface area contributed by atoms with Crippen LogP contribution in [0.5, 0.6) is 0 Å². The maximum atomic E-state index is 3.57. The molecule has 0 aromatic carbocycles. The summed E-state index contributed by atoms with van der Waals surface area (Å²) in [4.78, 5) is 3.18. The predicted molar refractivity (Wildman–Crippen MR) is 59.8 cm³/mol. The van der Waals surface area contributed by atoms with Gasteiger partial charge in [0.1, 0.15) is 0 Å². The molecule has 0 bridgehead atoms. The highest BCUT2D eigenvalue weighted by molar-refractivity contribution is 7.12. The topological polar surface area (TPSA) is 24.1 Å². The van der Waals surface area contributed by atoms with E-state index in [9.17, 15) is 0 Å². The lowest BCUT2D eigenvalue weighted by Crippen LogP contribution is -2.54. The normalized spacial score (nSPS) is 20.9. The summed E-state index contributed by atoms with van der Waals surface area (Å²) in [5, 5.41) is 6.85. The van der Waals surface area contributed by atoms with Crippen molar-refractivity contribution in [2.45, 2.75) is 31.8 Å². The number of hydrogen-bond acceptors (Lipinski definition) is 3. The van der Waals surface area contributed by atoms with E-state index < -0.39 is 0 Å². The van der Waals surface area contributed by atoms with Gasteiger partial charge in [-0.15, -0.1) is 11.3 Å². The molecule has 2 nitrogen and oxygen atoms in total. The van der Waals surface area contributed by atoms with Crippen molar-refractivity contribution in [3.63, 3.8) is 0 Å². The van der Waals surface area contributed by atoms with Crippen molar-refractivity contribution >= 4 is 11.3 Å². The van der Waals surface area contributed by atoms with Crippen LogP contribution in [0.3, 0.4) is 0 Å². The molecule has 1 aliphatic heterocycles. The Kier molecular flexibility index (Phi) is 2.32. The average molecular weight is 208 g/mol. The number of aryl methyl sites for hydroxylation is 2. The van der Waals surface area contributed by atoms with E-state index in [-0.39, 0.29) is 0 Å². The van der Waals surface area contributed by atoms with Crippen molar-refractivity contribution < 1.29 is 0 Å². The second-order valence-corrected chi connectivity index (χ2v) is 5.47. The molecule has 0 unspecified atom stereocenters. The Labute approximate surface area is 88.7 Å². The Bertz CT molecular complexity index is 307. The molecular weight excluding hydrogens is 192 g/mol. The molecule has 2 aliphatic rings. The van der Waals surface area contributed by atoms with Crippen molar-refractivity contribution in [3.05, 3.63) is 21.4 Å². The molecule has 0 amide bonds. The smallest absolute Gasteiger partial charge is 0.0320 e. The summed E-state index contributed by atoms with van der Waals surface area (Å²) < 4.78 is 0. The molecule has 76 valence electrons. The first-order chi connectivity index (χ1) is 6.92. The summed E-state index contributed by atoms with van der Waals surface area (Å²) in [5.74, 6) is 0. The minimum atomic E-state index is 0.715. The van der Waals surface area contributed by atoms with Crippen LogP contribution in [0.4, 0.5) is 0 Å². The lowest BCUT2D eigenvalue weighted by Gasteiger charge is -2.27. The molecule has 14 heavy (non-hydrogen) atoms. The van der Waals surface area contributed by atoms with Crippen LogP contribution in [0.2, 0.25) is 0 Å². The molecule has 3 heteroatoms. The number of nitrogens with one attached hydrogen (secondary N) is 2. The largest absolute Gasteiger partial charge is 0.314 e. The van der Waals surface area contributed by atoms with Crippen molar-refractivity contribution in [2.24, 2.45) is 0 Å². The Hall–Kier alpha value is -0.380. The number of hydrogen-bond donors (Lipinski definition) is 2. The lowest BCUT2D eigenvalue weighted by molar-refractivity contribution is 0.366. The SMILES string of the molecule is c1c(CNC2CNC2)sc2c1CCC2.